The number of nitrogens with zero attached hydrogens (tertiary/aromatic N) is 1. The van der Waals surface area contributed by atoms with Crippen LogP contribution in [0, 0.1) is 0 Å². The predicted octanol–water partition coefficient (Wildman–Crippen LogP) is 1.48. The van der Waals surface area contributed by atoms with Crippen molar-refractivity contribution in [1.82, 2.24) is 0 Å². The first-order valence-corrected chi connectivity index (χ1v) is 4.91. The number of aliphatic hydroxyl groups is 1. The number of rotatable bonds is 5. The molecule has 0 aliphatic heterocycles. The van der Waals surface area contributed by atoms with Gasteiger partial charge in [0.15, 0.2) is 0 Å². The van der Waals surface area contributed by atoms with Crippen molar-refractivity contribution in [2.24, 2.45) is 0 Å². The van der Waals surface area contributed by atoms with E-state index in [0.29, 0.717) is 0 Å². The zero-order chi connectivity index (χ0) is 10.4. The summed E-state index contributed by atoms with van der Waals surface area (Å²) in [5, 5.41) is 8.66. The summed E-state index contributed by atoms with van der Waals surface area (Å²) in [5.41, 5.74) is 7.60. The van der Waals surface area contributed by atoms with Crippen LogP contribution in [0.15, 0.2) is 24.3 Å². The Bertz CT molecular complexity index is 276. The standard InChI is InChI=1S/C11H18N2O/c1-13(7-2-3-8-14)11-6-4-5-10(12)9-11/h4-6,9,14H,2-3,7-8,12H2,1H3. The molecule has 0 aliphatic carbocycles. The van der Waals surface area contributed by atoms with E-state index in [4.69, 9.17) is 10.8 Å². The van der Waals surface area contributed by atoms with Crippen molar-refractivity contribution in [3.8, 4) is 0 Å². The lowest BCUT2D eigenvalue weighted by Gasteiger charge is -2.19. The quantitative estimate of drug-likeness (QED) is 0.551. The van der Waals surface area contributed by atoms with Crippen LogP contribution in [0.25, 0.3) is 0 Å². The van der Waals surface area contributed by atoms with E-state index in [1.165, 1.54) is 0 Å². The molecule has 3 heteroatoms. The van der Waals surface area contributed by atoms with E-state index in [-0.39, 0.29) is 6.61 Å². The minimum absolute atomic E-state index is 0.269. The van der Waals surface area contributed by atoms with Gasteiger partial charge in [0.1, 0.15) is 0 Å². The Morgan fingerprint density at radius 1 is 1.36 bits per heavy atom. The Hall–Kier alpha value is -1.22. The maximum Gasteiger partial charge on any atom is 0.0431 e. The summed E-state index contributed by atoms with van der Waals surface area (Å²) in [6.45, 7) is 1.22. The molecular weight excluding hydrogens is 176 g/mol. The average Bonchev–Trinajstić information content (AvgIpc) is 2.18. The van der Waals surface area contributed by atoms with Crippen LogP contribution in [0.5, 0.6) is 0 Å². The molecule has 3 N–H and O–H groups in total. The topological polar surface area (TPSA) is 49.5 Å². The molecule has 0 heterocycles. The van der Waals surface area contributed by atoms with Crippen LogP contribution in [-0.2, 0) is 0 Å². The highest BCUT2D eigenvalue weighted by molar-refractivity contribution is 5.55. The number of unbranched alkanes of at least 4 members (excludes halogenated alkanes) is 1. The van der Waals surface area contributed by atoms with Crippen LogP contribution >= 0.6 is 0 Å². The Morgan fingerprint density at radius 3 is 2.79 bits per heavy atom. The molecule has 0 amide bonds. The van der Waals surface area contributed by atoms with Crippen molar-refractivity contribution in [1.29, 1.82) is 0 Å². The summed E-state index contributed by atoms with van der Waals surface area (Å²) >= 11 is 0. The fraction of sp³-hybridized carbons (Fsp3) is 0.455. The second-order valence-electron chi connectivity index (χ2n) is 3.45. The molecule has 0 saturated heterocycles. The van der Waals surface area contributed by atoms with Crippen molar-refractivity contribution in [2.45, 2.75) is 12.8 Å². The summed E-state index contributed by atoms with van der Waals surface area (Å²) in [7, 11) is 2.03. The highest BCUT2D eigenvalue weighted by Gasteiger charge is 1.99. The molecule has 0 aliphatic rings. The molecule has 78 valence electrons. The summed E-state index contributed by atoms with van der Waals surface area (Å²) in [6, 6.07) is 7.83. The monoisotopic (exact) mass is 194 g/mol. The zero-order valence-corrected chi connectivity index (χ0v) is 8.61. The lowest BCUT2D eigenvalue weighted by atomic mass is 10.2. The Morgan fingerprint density at radius 2 is 2.14 bits per heavy atom. The molecule has 0 unspecified atom stereocenters. The summed E-state index contributed by atoms with van der Waals surface area (Å²) in [6.07, 6.45) is 1.86. The molecular formula is C11H18N2O. The average molecular weight is 194 g/mol. The van der Waals surface area contributed by atoms with Gasteiger partial charge in [-0.25, -0.2) is 0 Å². The summed E-state index contributed by atoms with van der Waals surface area (Å²) in [4.78, 5) is 2.14. The summed E-state index contributed by atoms with van der Waals surface area (Å²) < 4.78 is 0. The van der Waals surface area contributed by atoms with Crippen molar-refractivity contribution in [2.75, 3.05) is 30.8 Å². The van der Waals surface area contributed by atoms with E-state index in [2.05, 4.69) is 4.90 Å². The van der Waals surface area contributed by atoms with Gasteiger partial charge in [-0.05, 0) is 31.0 Å². The van der Waals surface area contributed by atoms with E-state index < -0.39 is 0 Å². The van der Waals surface area contributed by atoms with Crippen molar-refractivity contribution in [3.05, 3.63) is 24.3 Å². The third-order valence-electron chi connectivity index (χ3n) is 2.21. The largest absolute Gasteiger partial charge is 0.399 e. The molecule has 0 saturated carbocycles. The van der Waals surface area contributed by atoms with Crippen molar-refractivity contribution < 1.29 is 5.11 Å². The van der Waals surface area contributed by atoms with Gasteiger partial charge in [0.25, 0.3) is 0 Å². The van der Waals surface area contributed by atoms with E-state index in [0.717, 1.165) is 30.8 Å². The third-order valence-corrected chi connectivity index (χ3v) is 2.21. The molecule has 1 aromatic rings. The molecule has 3 nitrogen and oxygen atoms in total. The van der Waals surface area contributed by atoms with Crippen molar-refractivity contribution >= 4 is 11.4 Å². The lowest BCUT2D eigenvalue weighted by Crippen LogP contribution is -2.18. The third kappa shape index (κ3) is 3.26. The van der Waals surface area contributed by atoms with E-state index in [1.54, 1.807) is 0 Å². The second-order valence-corrected chi connectivity index (χ2v) is 3.45. The van der Waals surface area contributed by atoms with Gasteiger partial charge in [0, 0.05) is 31.6 Å². The lowest BCUT2D eigenvalue weighted by molar-refractivity contribution is 0.285. The Balaban J connectivity index is 2.47. The van der Waals surface area contributed by atoms with Gasteiger partial charge >= 0.3 is 0 Å². The van der Waals surface area contributed by atoms with Crippen molar-refractivity contribution in [3.63, 3.8) is 0 Å². The van der Waals surface area contributed by atoms with Gasteiger partial charge in [-0.2, -0.15) is 0 Å². The highest BCUT2D eigenvalue weighted by atomic mass is 16.2. The first kappa shape index (κ1) is 10.9. The van der Waals surface area contributed by atoms with Gasteiger partial charge in [0.05, 0.1) is 0 Å². The molecule has 0 aromatic heterocycles. The van der Waals surface area contributed by atoms with Crippen LogP contribution in [0.3, 0.4) is 0 Å². The van der Waals surface area contributed by atoms with Gasteiger partial charge in [-0.3, -0.25) is 0 Å². The molecule has 1 aromatic carbocycles. The van der Waals surface area contributed by atoms with E-state index >= 15 is 0 Å². The van der Waals surface area contributed by atoms with Crippen LogP contribution in [0.4, 0.5) is 11.4 Å². The smallest absolute Gasteiger partial charge is 0.0431 e. The van der Waals surface area contributed by atoms with Gasteiger partial charge in [-0.1, -0.05) is 6.07 Å². The van der Waals surface area contributed by atoms with Gasteiger partial charge in [-0.15, -0.1) is 0 Å². The number of hydrogen-bond donors (Lipinski definition) is 2. The second kappa shape index (κ2) is 5.50. The van der Waals surface area contributed by atoms with E-state index in [9.17, 15) is 0 Å². The minimum Gasteiger partial charge on any atom is -0.399 e. The summed E-state index contributed by atoms with van der Waals surface area (Å²) in [5.74, 6) is 0. The minimum atomic E-state index is 0.269. The van der Waals surface area contributed by atoms with Crippen LogP contribution in [-0.4, -0.2) is 25.3 Å². The molecule has 0 atom stereocenters. The normalized spacial score (nSPS) is 10.1. The number of nitrogen functional groups attached to an aromatic ring is 1. The van der Waals surface area contributed by atoms with E-state index in [1.807, 2.05) is 31.3 Å². The Kier molecular flexibility index (Phi) is 4.26. The molecule has 0 spiro atoms. The number of hydrogen-bond acceptors (Lipinski definition) is 3. The maximum absolute atomic E-state index is 8.66. The van der Waals surface area contributed by atoms with Crippen LogP contribution in [0.1, 0.15) is 12.8 Å². The fourth-order valence-electron chi connectivity index (χ4n) is 1.35. The number of benzene rings is 1. The maximum atomic E-state index is 8.66. The highest BCUT2D eigenvalue weighted by Crippen LogP contribution is 2.16. The predicted molar refractivity (Wildman–Crippen MR) is 60.4 cm³/mol. The van der Waals surface area contributed by atoms with Crippen LogP contribution < -0.4 is 10.6 Å². The SMILES string of the molecule is CN(CCCCO)c1cccc(N)c1. The molecule has 0 bridgehead atoms. The number of aliphatic hydroxyl groups excluding tert-OH is 1. The molecule has 0 radical (unpaired) electrons. The van der Waals surface area contributed by atoms with Gasteiger partial charge in [0.2, 0.25) is 0 Å². The number of nitrogens with two attached hydrogens (primary N) is 1. The fourth-order valence-corrected chi connectivity index (χ4v) is 1.35. The first-order chi connectivity index (χ1) is 6.74. The van der Waals surface area contributed by atoms with Gasteiger partial charge < -0.3 is 15.7 Å². The number of anilines is 2. The molecule has 1 rings (SSSR count). The first-order valence-electron chi connectivity index (χ1n) is 4.91. The zero-order valence-electron chi connectivity index (χ0n) is 8.61. The Labute approximate surface area is 85.2 Å². The molecule has 0 fully saturated rings. The molecule has 14 heavy (non-hydrogen) atoms. The van der Waals surface area contributed by atoms with Crippen LogP contribution in [0.2, 0.25) is 0 Å².